The van der Waals surface area contributed by atoms with Crippen molar-refractivity contribution in [3.63, 3.8) is 0 Å². The van der Waals surface area contributed by atoms with E-state index in [0.717, 1.165) is 43.0 Å². The summed E-state index contributed by atoms with van der Waals surface area (Å²) in [7, 11) is 0. The second-order valence-corrected chi connectivity index (χ2v) is 5.71. The smallest absolute Gasteiger partial charge is 0.138 e. The number of nitrogens with one attached hydrogen (secondary N) is 1. The molecule has 0 aromatic carbocycles. The standard InChI is InChI=1S/C13H23N5/c1-2-6-18-12(15-8-16-18)7-11(17-14)13-9-4-3-5-10(9)13/h8-11,13,17H,2-7,14H2,1H3. The first-order valence-electron chi connectivity index (χ1n) is 7.18. The molecule has 18 heavy (non-hydrogen) atoms. The van der Waals surface area contributed by atoms with Crippen LogP contribution in [0.15, 0.2) is 6.33 Å². The van der Waals surface area contributed by atoms with Crippen LogP contribution in [0.3, 0.4) is 0 Å². The molecule has 3 unspecified atom stereocenters. The van der Waals surface area contributed by atoms with Gasteiger partial charge in [-0.15, -0.1) is 0 Å². The van der Waals surface area contributed by atoms with E-state index in [0.29, 0.717) is 6.04 Å². The fraction of sp³-hybridized carbons (Fsp3) is 0.846. The molecule has 1 heterocycles. The van der Waals surface area contributed by atoms with Gasteiger partial charge in [0, 0.05) is 19.0 Å². The second kappa shape index (κ2) is 4.97. The Balaban J connectivity index is 1.65. The van der Waals surface area contributed by atoms with E-state index >= 15 is 0 Å². The van der Waals surface area contributed by atoms with Gasteiger partial charge in [-0.1, -0.05) is 13.3 Å². The van der Waals surface area contributed by atoms with E-state index in [-0.39, 0.29) is 0 Å². The Morgan fingerprint density at radius 2 is 2.28 bits per heavy atom. The summed E-state index contributed by atoms with van der Waals surface area (Å²) in [5.41, 5.74) is 3.02. The van der Waals surface area contributed by atoms with Crippen LogP contribution in [0.1, 0.15) is 38.4 Å². The molecular weight excluding hydrogens is 226 g/mol. The number of aromatic nitrogens is 3. The van der Waals surface area contributed by atoms with Crippen molar-refractivity contribution in [1.29, 1.82) is 0 Å². The van der Waals surface area contributed by atoms with E-state index in [4.69, 9.17) is 5.84 Å². The molecule has 2 saturated carbocycles. The average molecular weight is 249 g/mol. The third-order valence-corrected chi connectivity index (χ3v) is 4.69. The lowest BCUT2D eigenvalue weighted by atomic mass is 10.0. The maximum atomic E-state index is 5.75. The zero-order valence-corrected chi connectivity index (χ0v) is 11.0. The first-order chi connectivity index (χ1) is 8.85. The van der Waals surface area contributed by atoms with E-state index < -0.39 is 0 Å². The summed E-state index contributed by atoms with van der Waals surface area (Å²) in [4.78, 5) is 4.38. The van der Waals surface area contributed by atoms with Crippen molar-refractivity contribution >= 4 is 0 Å². The minimum atomic E-state index is 0.375. The van der Waals surface area contributed by atoms with Gasteiger partial charge in [-0.2, -0.15) is 5.10 Å². The SMILES string of the molecule is CCCn1ncnc1CC(NN)C1C2CCCC21. The van der Waals surface area contributed by atoms with Crippen molar-refractivity contribution in [3.05, 3.63) is 12.2 Å². The normalized spacial score (nSPS) is 31.3. The number of hydrazine groups is 1. The van der Waals surface area contributed by atoms with Crippen molar-refractivity contribution < 1.29 is 0 Å². The molecule has 0 spiro atoms. The highest BCUT2D eigenvalue weighted by Crippen LogP contribution is 2.59. The van der Waals surface area contributed by atoms with E-state index in [1.165, 1.54) is 19.3 Å². The molecule has 0 amide bonds. The number of nitrogens with zero attached hydrogens (tertiary/aromatic N) is 3. The van der Waals surface area contributed by atoms with Gasteiger partial charge < -0.3 is 0 Å². The predicted octanol–water partition coefficient (Wildman–Crippen LogP) is 1.11. The van der Waals surface area contributed by atoms with Crippen LogP contribution in [-0.2, 0) is 13.0 Å². The van der Waals surface area contributed by atoms with Crippen LogP contribution in [0.5, 0.6) is 0 Å². The highest BCUT2D eigenvalue weighted by atomic mass is 15.3. The van der Waals surface area contributed by atoms with Gasteiger partial charge in [0.2, 0.25) is 0 Å². The maximum absolute atomic E-state index is 5.75. The van der Waals surface area contributed by atoms with Gasteiger partial charge in [0.25, 0.3) is 0 Å². The molecule has 2 fully saturated rings. The number of hydrogen-bond donors (Lipinski definition) is 2. The Morgan fingerprint density at radius 1 is 1.50 bits per heavy atom. The zero-order chi connectivity index (χ0) is 12.5. The molecule has 0 saturated heterocycles. The zero-order valence-electron chi connectivity index (χ0n) is 11.0. The van der Waals surface area contributed by atoms with Gasteiger partial charge in [0.15, 0.2) is 0 Å². The van der Waals surface area contributed by atoms with E-state index in [1.54, 1.807) is 6.33 Å². The highest BCUT2D eigenvalue weighted by molar-refractivity contribution is 5.08. The molecule has 0 bridgehead atoms. The lowest BCUT2D eigenvalue weighted by Gasteiger charge is -2.17. The summed E-state index contributed by atoms with van der Waals surface area (Å²) in [6.07, 6.45) is 7.87. The fourth-order valence-electron chi connectivity index (χ4n) is 3.82. The summed E-state index contributed by atoms with van der Waals surface area (Å²) in [5.74, 6) is 9.45. The lowest BCUT2D eigenvalue weighted by molar-refractivity contribution is 0.395. The van der Waals surface area contributed by atoms with Crippen molar-refractivity contribution in [2.24, 2.45) is 23.6 Å². The topological polar surface area (TPSA) is 68.8 Å². The largest absolute Gasteiger partial charge is 0.271 e. The molecule has 100 valence electrons. The average Bonchev–Trinajstić information content (AvgIpc) is 2.78. The molecule has 3 rings (SSSR count). The van der Waals surface area contributed by atoms with Crippen LogP contribution in [0.25, 0.3) is 0 Å². The lowest BCUT2D eigenvalue weighted by Crippen LogP contribution is -2.40. The summed E-state index contributed by atoms with van der Waals surface area (Å²) < 4.78 is 2.02. The number of fused-ring (bicyclic) bond motifs is 1. The van der Waals surface area contributed by atoms with E-state index in [2.05, 4.69) is 22.4 Å². The monoisotopic (exact) mass is 249 g/mol. The molecule has 1 aromatic rings. The van der Waals surface area contributed by atoms with Gasteiger partial charge in [-0.05, 0) is 37.0 Å². The predicted molar refractivity (Wildman–Crippen MR) is 69.4 cm³/mol. The van der Waals surface area contributed by atoms with Crippen LogP contribution >= 0.6 is 0 Å². The molecule has 2 aliphatic carbocycles. The minimum absolute atomic E-state index is 0.375. The van der Waals surface area contributed by atoms with Crippen molar-refractivity contribution in [2.75, 3.05) is 0 Å². The Bertz CT molecular complexity index is 392. The number of rotatable bonds is 6. The quantitative estimate of drug-likeness (QED) is 0.585. The Labute approximate surface area is 108 Å². The van der Waals surface area contributed by atoms with Crippen LogP contribution in [0, 0.1) is 17.8 Å². The van der Waals surface area contributed by atoms with E-state index in [9.17, 15) is 0 Å². The summed E-state index contributed by atoms with van der Waals surface area (Å²) in [5, 5.41) is 4.28. The van der Waals surface area contributed by atoms with Gasteiger partial charge >= 0.3 is 0 Å². The highest BCUT2D eigenvalue weighted by Gasteiger charge is 2.55. The first kappa shape index (κ1) is 12.1. The third-order valence-electron chi connectivity index (χ3n) is 4.69. The number of aryl methyl sites for hydroxylation is 1. The van der Waals surface area contributed by atoms with Crippen molar-refractivity contribution in [2.45, 2.75) is 51.6 Å². The molecular formula is C13H23N5. The van der Waals surface area contributed by atoms with Gasteiger partial charge in [-0.3, -0.25) is 16.0 Å². The number of hydrogen-bond acceptors (Lipinski definition) is 4. The Morgan fingerprint density at radius 3 is 2.94 bits per heavy atom. The molecule has 5 heteroatoms. The molecule has 3 N–H and O–H groups in total. The van der Waals surface area contributed by atoms with Crippen LogP contribution < -0.4 is 11.3 Å². The van der Waals surface area contributed by atoms with Crippen LogP contribution in [0.4, 0.5) is 0 Å². The first-order valence-corrected chi connectivity index (χ1v) is 7.18. The summed E-state index contributed by atoms with van der Waals surface area (Å²) in [6, 6.07) is 0.375. The summed E-state index contributed by atoms with van der Waals surface area (Å²) >= 11 is 0. The Kier molecular flexibility index (Phi) is 3.35. The maximum Gasteiger partial charge on any atom is 0.138 e. The van der Waals surface area contributed by atoms with Gasteiger partial charge in [-0.25, -0.2) is 4.98 Å². The van der Waals surface area contributed by atoms with Gasteiger partial charge in [0.1, 0.15) is 12.2 Å². The molecule has 1 aromatic heterocycles. The van der Waals surface area contributed by atoms with Crippen molar-refractivity contribution in [1.82, 2.24) is 20.2 Å². The van der Waals surface area contributed by atoms with Crippen LogP contribution in [0.2, 0.25) is 0 Å². The number of nitrogens with two attached hydrogens (primary N) is 1. The summed E-state index contributed by atoms with van der Waals surface area (Å²) in [6.45, 7) is 3.11. The third kappa shape index (κ3) is 2.06. The Hall–Kier alpha value is -0.940. The molecule has 0 radical (unpaired) electrons. The minimum Gasteiger partial charge on any atom is -0.271 e. The van der Waals surface area contributed by atoms with Crippen molar-refractivity contribution in [3.8, 4) is 0 Å². The van der Waals surface area contributed by atoms with E-state index in [1.807, 2.05) is 4.68 Å². The molecule has 5 nitrogen and oxygen atoms in total. The molecule has 0 aliphatic heterocycles. The fourth-order valence-corrected chi connectivity index (χ4v) is 3.82. The second-order valence-electron chi connectivity index (χ2n) is 5.71. The van der Waals surface area contributed by atoms with Gasteiger partial charge in [0.05, 0.1) is 0 Å². The molecule has 2 aliphatic rings. The molecule has 3 atom stereocenters. The van der Waals surface area contributed by atoms with Crippen LogP contribution in [-0.4, -0.2) is 20.8 Å².